The number of para-hydroxylation sites is 1. The SMILES string of the molecule is CC(NCCc1ccc2c(c1)OCCO2)c1ccccc1O. The molecule has 0 saturated heterocycles. The van der Waals surface area contributed by atoms with Crippen LogP contribution in [-0.2, 0) is 6.42 Å². The number of aromatic hydroxyl groups is 1. The molecular weight excluding hydrogens is 278 g/mol. The Morgan fingerprint density at radius 1 is 1.09 bits per heavy atom. The van der Waals surface area contributed by atoms with Crippen LogP contribution < -0.4 is 14.8 Å². The zero-order valence-electron chi connectivity index (χ0n) is 12.7. The van der Waals surface area contributed by atoms with Gasteiger partial charge in [0.05, 0.1) is 0 Å². The summed E-state index contributed by atoms with van der Waals surface area (Å²) >= 11 is 0. The van der Waals surface area contributed by atoms with E-state index in [1.54, 1.807) is 6.07 Å². The van der Waals surface area contributed by atoms with Crippen LogP contribution in [0.2, 0.25) is 0 Å². The van der Waals surface area contributed by atoms with E-state index in [2.05, 4.69) is 18.3 Å². The lowest BCUT2D eigenvalue weighted by atomic mass is 10.1. The number of hydrogen-bond acceptors (Lipinski definition) is 4. The molecule has 1 heterocycles. The van der Waals surface area contributed by atoms with Crippen LogP contribution in [0.25, 0.3) is 0 Å². The zero-order valence-corrected chi connectivity index (χ0v) is 12.7. The van der Waals surface area contributed by atoms with E-state index in [0.29, 0.717) is 19.0 Å². The van der Waals surface area contributed by atoms with Gasteiger partial charge in [-0.15, -0.1) is 0 Å². The van der Waals surface area contributed by atoms with Gasteiger partial charge in [0.1, 0.15) is 19.0 Å². The van der Waals surface area contributed by atoms with E-state index in [9.17, 15) is 5.11 Å². The normalized spacial score (nSPS) is 14.6. The van der Waals surface area contributed by atoms with Gasteiger partial charge in [0, 0.05) is 11.6 Å². The summed E-state index contributed by atoms with van der Waals surface area (Å²) in [6, 6.07) is 13.6. The molecule has 4 nitrogen and oxygen atoms in total. The largest absolute Gasteiger partial charge is 0.508 e. The van der Waals surface area contributed by atoms with Crippen molar-refractivity contribution in [1.82, 2.24) is 5.32 Å². The predicted octanol–water partition coefficient (Wildman–Crippen LogP) is 3.06. The molecule has 2 aromatic rings. The molecule has 2 N–H and O–H groups in total. The highest BCUT2D eigenvalue weighted by Gasteiger charge is 2.12. The smallest absolute Gasteiger partial charge is 0.161 e. The quantitative estimate of drug-likeness (QED) is 0.891. The summed E-state index contributed by atoms with van der Waals surface area (Å²) in [6.45, 7) is 4.11. The second-order valence-electron chi connectivity index (χ2n) is 5.46. The third-order valence-corrected chi connectivity index (χ3v) is 3.87. The molecule has 0 radical (unpaired) electrons. The van der Waals surface area contributed by atoms with Crippen molar-refractivity contribution in [1.29, 1.82) is 0 Å². The molecule has 0 fully saturated rings. The summed E-state index contributed by atoms with van der Waals surface area (Å²) in [6.07, 6.45) is 0.897. The van der Waals surface area contributed by atoms with Gasteiger partial charge in [0.25, 0.3) is 0 Å². The van der Waals surface area contributed by atoms with Crippen molar-refractivity contribution < 1.29 is 14.6 Å². The van der Waals surface area contributed by atoms with Crippen LogP contribution in [0.15, 0.2) is 42.5 Å². The topological polar surface area (TPSA) is 50.7 Å². The minimum absolute atomic E-state index is 0.110. The number of nitrogens with one attached hydrogen (secondary N) is 1. The second kappa shape index (κ2) is 6.71. The lowest BCUT2D eigenvalue weighted by Crippen LogP contribution is -2.21. The number of phenolic OH excluding ortho intramolecular Hbond substituents is 1. The maximum atomic E-state index is 9.86. The Labute approximate surface area is 130 Å². The van der Waals surface area contributed by atoms with Gasteiger partial charge in [0.15, 0.2) is 11.5 Å². The molecule has 1 atom stereocenters. The molecule has 3 rings (SSSR count). The molecule has 1 aliphatic heterocycles. The maximum absolute atomic E-state index is 9.86. The monoisotopic (exact) mass is 299 g/mol. The van der Waals surface area contributed by atoms with Crippen LogP contribution in [0, 0.1) is 0 Å². The summed E-state index contributed by atoms with van der Waals surface area (Å²) in [5, 5.41) is 13.3. The number of fused-ring (bicyclic) bond motifs is 1. The average Bonchev–Trinajstić information content (AvgIpc) is 2.55. The molecule has 0 saturated carbocycles. The average molecular weight is 299 g/mol. The van der Waals surface area contributed by atoms with Gasteiger partial charge in [-0.3, -0.25) is 0 Å². The predicted molar refractivity (Wildman–Crippen MR) is 85.7 cm³/mol. The fourth-order valence-electron chi connectivity index (χ4n) is 2.64. The summed E-state index contributed by atoms with van der Waals surface area (Å²) in [5.74, 6) is 1.99. The van der Waals surface area contributed by atoms with Crippen molar-refractivity contribution in [2.45, 2.75) is 19.4 Å². The number of hydrogen-bond donors (Lipinski definition) is 2. The van der Waals surface area contributed by atoms with E-state index in [4.69, 9.17) is 9.47 Å². The van der Waals surface area contributed by atoms with Gasteiger partial charge in [-0.2, -0.15) is 0 Å². The molecule has 116 valence electrons. The van der Waals surface area contributed by atoms with Gasteiger partial charge in [-0.1, -0.05) is 24.3 Å². The molecule has 4 heteroatoms. The van der Waals surface area contributed by atoms with E-state index in [-0.39, 0.29) is 6.04 Å². The summed E-state index contributed by atoms with van der Waals surface area (Å²) in [4.78, 5) is 0. The molecule has 2 aromatic carbocycles. The molecular formula is C18H21NO3. The molecule has 1 aliphatic rings. The molecule has 0 aliphatic carbocycles. The first kappa shape index (κ1) is 14.7. The first-order valence-corrected chi connectivity index (χ1v) is 7.64. The van der Waals surface area contributed by atoms with Gasteiger partial charge in [0.2, 0.25) is 0 Å². The van der Waals surface area contributed by atoms with Crippen LogP contribution in [0.1, 0.15) is 24.1 Å². The third-order valence-electron chi connectivity index (χ3n) is 3.87. The number of ether oxygens (including phenoxy) is 2. The van der Waals surface area contributed by atoms with Gasteiger partial charge < -0.3 is 19.9 Å². The Bertz CT molecular complexity index is 642. The minimum atomic E-state index is 0.110. The molecule has 22 heavy (non-hydrogen) atoms. The number of phenols is 1. The summed E-state index contributed by atoms with van der Waals surface area (Å²) in [5.41, 5.74) is 2.13. The Kier molecular flexibility index (Phi) is 4.49. The van der Waals surface area contributed by atoms with Crippen LogP contribution >= 0.6 is 0 Å². The fourth-order valence-corrected chi connectivity index (χ4v) is 2.64. The molecule has 0 bridgehead atoms. The Hall–Kier alpha value is -2.20. The van der Waals surface area contributed by atoms with Crippen LogP contribution in [-0.4, -0.2) is 24.9 Å². The Morgan fingerprint density at radius 3 is 2.68 bits per heavy atom. The first-order valence-electron chi connectivity index (χ1n) is 7.64. The van der Waals surface area contributed by atoms with E-state index >= 15 is 0 Å². The second-order valence-corrected chi connectivity index (χ2v) is 5.46. The van der Waals surface area contributed by atoms with Gasteiger partial charge >= 0.3 is 0 Å². The van der Waals surface area contributed by atoms with Crippen LogP contribution in [0.4, 0.5) is 0 Å². The number of benzene rings is 2. The molecule has 0 spiro atoms. The van der Waals surface area contributed by atoms with E-state index in [0.717, 1.165) is 30.0 Å². The third kappa shape index (κ3) is 3.34. The summed E-state index contributed by atoms with van der Waals surface area (Å²) in [7, 11) is 0. The van der Waals surface area contributed by atoms with Crippen LogP contribution in [0.3, 0.4) is 0 Å². The van der Waals surface area contributed by atoms with E-state index in [1.807, 2.05) is 30.3 Å². The molecule has 0 amide bonds. The van der Waals surface area contributed by atoms with Crippen molar-refractivity contribution in [3.8, 4) is 17.2 Å². The standard InChI is InChI=1S/C18H21NO3/c1-13(15-4-2-3-5-16(15)20)19-9-8-14-6-7-17-18(12-14)22-11-10-21-17/h2-7,12-13,19-20H,8-11H2,1H3. The highest BCUT2D eigenvalue weighted by molar-refractivity contribution is 5.44. The maximum Gasteiger partial charge on any atom is 0.161 e. The van der Waals surface area contributed by atoms with Crippen molar-refractivity contribution in [2.24, 2.45) is 0 Å². The highest BCUT2D eigenvalue weighted by atomic mass is 16.6. The Morgan fingerprint density at radius 2 is 1.86 bits per heavy atom. The van der Waals surface area contributed by atoms with Crippen molar-refractivity contribution in [3.63, 3.8) is 0 Å². The van der Waals surface area contributed by atoms with Gasteiger partial charge in [-0.05, 0) is 43.7 Å². The molecule has 1 unspecified atom stereocenters. The minimum Gasteiger partial charge on any atom is -0.508 e. The van der Waals surface area contributed by atoms with Crippen molar-refractivity contribution in [3.05, 3.63) is 53.6 Å². The highest BCUT2D eigenvalue weighted by Crippen LogP contribution is 2.31. The summed E-state index contributed by atoms with van der Waals surface area (Å²) < 4.78 is 11.1. The molecule has 0 aromatic heterocycles. The van der Waals surface area contributed by atoms with E-state index < -0.39 is 0 Å². The van der Waals surface area contributed by atoms with Gasteiger partial charge in [-0.25, -0.2) is 0 Å². The fraction of sp³-hybridized carbons (Fsp3) is 0.333. The number of rotatable bonds is 5. The lowest BCUT2D eigenvalue weighted by molar-refractivity contribution is 0.171. The van der Waals surface area contributed by atoms with Crippen LogP contribution in [0.5, 0.6) is 17.2 Å². The Balaban J connectivity index is 1.56. The zero-order chi connectivity index (χ0) is 15.4. The lowest BCUT2D eigenvalue weighted by Gasteiger charge is -2.19. The first-order chi connectivity index (χ1) is 10.7. The van der Waals surface area contributed by atoms with Crippen molar-refractivity contribution >= 4 is 0 Å². The van der Waals surface area contributed by atoms with E-state index in [1.165, 1.54) is 5.56 Å². The van der Waals surface area contributed by atoms with Crippen molar-refractivity contribution in [2.75, 3.05) is 19.8 Å².